The van der Waals surface area contributed by atoms with Gasteiger partial charge in [-0.1, -0.05) is 0 Å². The van der Waals surface area contributed by atoms with Gasteiger partial charge >= 0.3 is 0 Å². The first-order valence-corrected chi connectivity index (χ1v) is 7.89. The van der Waals surface area contributed by atoms with Crippen LogP contribution in [-0.4, -0.2) is 60.5 Å². The summed E-state index contributed by atoms with van der Waals surface area (Å²) in [7, 11) is 0. The van der Waals surface area contributed by atoms with Crippen LogP contribution in [0.5, 0.6) is 0 Å². The van der Waals surface area contributed by atoms with Crippen molar-refractivity contribution >= 4 is 11.8 Å². The second kappa shape index (κ2) is 6.80. The molecule has 2 fully saturated rings. The summed E-state index contributed by atoms with van der Waals surface area (Å²) in [5.41, 5.74) is 1.11. The lowest BCUT2D eigenvalue weighted by Gasteiger charge is -2.35. The quantitative estimate of drug-likeness (QED) is 0.817. The third-order valence-corrected chi connectivity index (χ3v) is 4.34. The minimum absolute atomic E-state index is 0.0490. The van der Waals surface area contributed by atoms with E-state index in [0.29, 0.717) is 43.9 Å². The van der Waals surface area contributed by atoms with E-state index >= 15 is 0 Å². The molecule has 0 saturated carbocycles. The molecular weight excluding hydrogens is 294 g/mol. The summed E-state index contributed by atoms with van der Waals surface area (Å²) in [6.45, 7) is 2.80. The van der Waals surface area contributed by atoms with Crippen molar-refractivity contribution < 1.29 is 14.3 Å². The fourth-order valence-electron chi connectivity index (χ4n) is 2.98. The number of amides is 2. The highest BCUT2D eigenvalue weighted by Gasteiger charge is 2.31. The summed E-state index contributed by atoms with van der Waals surface area (Å²) < 4.78 is 5.44. The lowest BCUT2D eigenvalue weighted by Crippen LogP contribution is -2.52. The molecule has 6 heteroatoms. The molecule has 0 spiro atoms. The number of carbonyl (C=O) groups excluding carboxylic acids is 2. The highest BCUT2D eigenvalue weighted by molar-refractivity contribution is 5.94. The SMILES string of the molecule is N#Cc1ccc(C(=O)N2CCN(C(=O)C3CCCO3)CC2)cc1. The Morgan fingerprint density at radius 2 is 1.74 bits per heavy atom. The first kappa shape index (κ1) is 15.5. The molecule has 3 rings (SSSR count). The van der Waals surface area contributed by atoms with Crippen LogP contribution in [0.3, 0.4) is 0 Å². The van der Waals surface area contributed by atoms with Gasteiger partial charge in [0.15, 0.2) is 0 Å². The first-order valence-electron chi connectivity index (χ1n) is 7.89. The molecule has 0 bridgehead atoms. The molecule has 2 aliphatic heterocycles. The molecule has 23 heavy (non-hydrogen) atoms. The number of piperazine rings is 1. The van der Waals surface area contributed by atoms with Crippen LogP contribution in [0, 0.1) is 11.3 Å². The maximum atomic E-state index is 12.4. The molecule has 2 saturated heterocycles. The summed E-state index contributed by atoms with van der Waals surface area (Å²) in [6.07, 6.45) is 1.44. The number of hydrogen-bond donors (Lipinski definition) is 0. The van der Waals surface area contributed by atoms with Gasteiger partial charge in [-0.15, -0.1) is 0 Å². The van der Waals surface area contributed by atoms with Gasteiger partial charge in [0.25, 0.3) is 11.8 Å². The fourth-order valence-corrected chi connectivity index (χ4v) is 2.98. The van der Waals surface area contributed by atoms with Crippen molar-refractivity contribution in [2.75, 3.05) is 32.8 Å². The molecule has 2 heterocycles. The first-order chi connectivity index (χ1) is 11.2. The van der Waals surface area contributed by atoms with Crippen LogP contribution in [0.4, 0.5) is 0 Å². The summed E-state index contributed by atoms with van der Waals surface area (Å²) in [4.78, 5) is 28.3. The zero-order chi connectivity index (χ0) is 16.2. The topological polar surface area (TPSA) is 73.6 Å². The molecule has 1 unspecified atom stereocenters. The van der Waals surface area contributed by atoms with Crippen LogP contribution in [0.2, 0.25) is 0 Å². The molecule has 120 valence electrons. The molecule has 0 aromatic heterocycles. The number of benzene rings is 1. The molecule has 2 aliphatic rings. The highest BCUT2D eigenvalue weighted by atomic mass is 16.5. The van der Waals surface area contributed by atoms with Gasteiger partial charge in [0, 0.05) is 38.3 Å². The van der Waals surface area contributed by atoms with E-state index in [1.165, 1.54) is 0 Å². The molecule has 0 aliphatic carbocycles. The second-order valence-electron chi connectivity index (χ2n) is 5.81. The zero-order valence-corrected chi connectivity index (χ0v) is 12.9. The Kier molecular flexibility index (Phi) is 4.58. The minimum Gasteiger partial charge on any atom is -0.368 e. The van der Waals surface area contributed by atoms with Crippen molar-refractivity contribution in [1.82, 2.24) is 9.80 Å². The summed E-state index contributed by atoms with van der Waals surface area (Å²) in [5, 5.41) is 8.79. The van der Waals surface area contributed by atoms with Crippen LogP contribution < -0.4 is 0 Å². The predicted molar refractivity (Wildman–Crippen MR) is 82.6 cm³/mol. The molecule has 1 aromatic carbocycles. The average molecular weight is 313 g/mol. The number of rotatable bonds is 2. The highest BCUT2D eigenvalue weighted by Crippen LogP contribution is 2.17. The van der Waals surface area contributed by atoms with Crippen molar-refractivity contribution in [2.45, 2.75) is 18.9 Å². The van der Waals surface area contributed by atoms with Gasteiger partial charge in [-0.05, 0) is 37.1 Å². The maximum Gasteiger partial charge on any atom is 0.253 e. The minimum atomic E-state index is -0.296. The van der Waals surface area contributed by atoms with E-state index in [4.69, 9.17) is 10.00 Å². The van der Waals surface area contributed by atoms with Gasteiger partial charge in [-0.25, -0.2) is 0 Å². The fraction of sp³-hybridized carbons (Fsp3) is 0.471. The molecule has 1 aromatic rings. The molecule has 6 nitrogen and oxygen atoms in total. The van der Waals surface area contributed by atoms with E-state index in [0.717, 1.165) is 12.8 Å². The Morgan fingerprint density at radius 3 is 2.30 bits per heavy atom. The van der Waals surface area contributed by atoms with Crippen molar-refractivity contribution in [3.05, 3.63) is 35.4 Å². The van der Waals surface area contributed by atoms with Gasteiger partial charge < -0.3 is 14.5 Å². The third kappa shape index (κ3) is 3.35. The van der Waals surface area contributed by atoms with Crippen LogP contribution in [0.1, 0.15) is 28.8 Å². The second-order valence-corrected chi connectivity index (χ2v) is 5.81. The number of nitrogens with zero attached hydrogens (tertiary/aromatic N) is 3. The monoisotopic (exact) mass is 313 g/mol. The van der Waals surface area contributed by atoms with Crippen LogP contribution in [0.15, 0.2) is 24.3 Å². The van der Waals surface area contributed by atoms with E-state index in [-0.39, 0.29) is 17.9 Å². The van der Waals surface area contributed by atoms with Gasteiger partial charge in [-0.2, -0.15) is 5.26 Å². The van der Waals surface area contributed by atoms with Crippen molar-refractivity contribution in [3.8, 4) is 6.07 Å². The Morgan fingerprint density at radius 1 is 1.09 bits per heavy atom. The Balaban J connectivity index is 1.56. The third-order valence-electron chi connectivity index (χ3n) is 4.34. The molecule has 1 atom stereocenters. The smallest absolute Gasteiger partial charge is 0.253 e. The van der Waals surface area contributed by atoms with Crippen LogP contribution in [-0.2, 0) is 9.53 Å². The zero-order valence-electron chi connectivity index (χ0n) is 12.9. The number of ether oxygens (including phenoxy) is 1. The van der Waals surface area contributed by atoms with Crippen LogP contribution >= 0.6 is 0 Å². The standard InChI is InChI=1S/C17H19N3O3/c18-12-13-3-5-14(6-4-13)16(21)19-7-9-20(10-8-19)17(22)15-2-1-11-23-15/h3-6,15H,1-2,7-11H2. The van der Waals surface area contributed by atoms with E-state index < -0.39 is 0 Å². The maximum absolute atomic E-state index is 12.4. The largest absolute Gasteiger partial charge is 0.368 e. The van der Waals surface area contributed by atoms with Crippen molar-refractivity contribution in [2.24, 2.45) is 0 Å². The lowest BCUT2D eigenvalue weighted by atomic mass is 10.1. The van der Waals surface area contributed by atoms with Crippen LogP contribution in [0.25, 0.3) is 0 Å². The van der Waals surface area contributed by atoms with Gasteiger partial charge in [0.05, 0.1) is 11.6 Å². The molecule has 0 radical (unpaired) electrons. The molecule has 2 amide bonds. The Bertz CT molecular complexity index is 621. The summed E-state index contributed by atoms with van der Waals surface area (Å²) >= 11 is 0. The van der Waals surface area contributed by atoms with E-state index in [9.17, 15) is 9.59 Å². The van der Waals surface area contributed by atoms with Crippen molar-refractivity contribution in [3.63, 3.8) is 0 Å². The van der Waals surface area contributed by atoms with E-state index in [1.54, 1.807) is 34.1 Å². The van der Waals surface area contributed by atoms with Gasteiger partial charge in [0.2, 0.25) is 0 Å². The average Bonchev–Trinajstić information content (AvgIpc) is 3.15. The Hall–Kier alpha value is -2.39. The Labute approximate surface area is 135 Å². The lowest BCUT2D eigenvalue weighted by molar-refractivity contribution is -0.142. The van der Waals surface area contributed by atoms with E-state index in [1.807, 2.05) is 6.07 Å². The molecule has 0 N–H and O–H groups in total. The summed E-state index contributed by atoms with van der Waals surface area (Å²) in [5.74, 6) is -0.00771. The molecular formula is C17H19N3O3. The number of carbonyl (C=O) groups is 2. The van der Waals surface area contributed by atoms with Gasteiger partial charge in [0.1, 0.15) is 6.10 Å². The summed E-state index contributed by atoms with van der Waals surface area (Å²) in [6, 6.07) is 8.67. The van der Waals surface area contributed by atoms with E-state index in [2.05, 4.69) is 0 Å². The van der Waals surface area contributed by atoms with Crippen molar-refractivity contribution in [1.29, 1.82) is 5.26 Å². The van der Waals surface area contributed by atoms with Gasteiger partial charge in [-0.3, -0.25) is 9.59 Å². The normalized spacial score (nSPS) is 21.1. The predicted octanol–water partition coefficient (Wildman–Crippen LogP) is 1.02. The number of nitriles is 1. The number of hydrogen-bond acceptors (Lipinski definition) is 4.